The van der Waals surface area contributed by atoms with Crippen LogP contribution in [-0.4, -0.2) is 9.97 Å². The van der Waals surface area contributed by atoms with E-state index in [0.29, 0.717) is 10.8 Å². The molecule has 2 aromatic rings. The van der Waals surface area contributed by atoms with E-state index in [0.717, 1.165) is 0 Å². The van der Waals surface area contributed by atoms with Gasteiger partial charge in [0.1, 0.15) is 5.15 Å². The Balaban J connectivity index is 0.000000181. The quantitative estimate of drug-likeness (QED) is 0.523. The molecule has 0 saturated carbocycles. The highest BCUT2D eigenvalue weighted by Crippen LogP contribution is 2.36. The molecule has 0 aliphatic heterocycles. The Kier molecular flexibility index (Phi) is 6.00. The zero-order chi connectivity index (χ0) is 12.7. The highest BCUT2D eigenvalue weighted by molar-refractivity contribution is 6.66. The van der Waals surface area contributed by atoms with Crippen LogP contribution in [0.3, 0.4) is 0 Å². The van der Waals surface area contributed by atoms with Gasteiger partial charge in [-0.2, -0.15) is 0 Å². The molecule has 90 valence electrons. The van der Waals surface area contributed by atoms with Crippen molar-refractivity contribution in [3.63, 3.8) is 0 Å². The van der Waals surface area contributed by atoms with Crippen molar-refractivity contribution in [2.24, 2.45) is 0 Å². The van der Waals surface area contributed by atoms with Gasteiger partial charge in [-0.15, -0.1) is 0 Å². The van der Waals surface area contributed by atoms with Crippen molar-refractivity contribution in [3.05, 3.63) is 59.6 Å². The molecule has 0 bridgehead atoms. The van der Waals surface area contributed by atoms with Gasteiger partial charge < -0.3 is 0 Å². The third kappa shape index (κ3) is 6.08. The first kappa shape index (κ1) is 14.5. The zero-order valence-corrected chi connectivity index (χ0v) is 11.5. The van der Waals surface area contributed by atoms with Crippen LogP contribution in [0.2, 0.25) is 5.15 Å². The minimum atomic E-state index is -1.40. The third-order valence-corrected chi connectivity index (χ3v) is 2.39. The maximum absolute atomic E-state index is 5.53. The summed E-state index contributed by atoms with van der Waals surface area (Å²) < 4.78 is -1.40. The molecular weight excluding hydrogens is 302 g/mol. The number of pyridine rings is 2. The summed E-state index contributed by atoms with van der Waals surface area (Å²) in [4.78, 5) is 7.60. The molecule has 0 aliphatic rings. The molecular formula is C11H8Cl4N2. The van der Waals surface area contributed by atoms with Gasteiger partial charge in [0.2, 0.25) is 3.79 Å². The van der Waals surface area contributed by atoms with E-state index < -0.39 is 3.79 Å². The number of nitrogens with zero attached hydrogens (tertiary/aromatic N) is 2. The number of rotatable bonds is 0. The van der Waals surface area contributed by atoms with Gasteiger partial charge in [-0.05, 0) is 24.3 Å². The number of hydrogen-bond donors (Lipinski definition) is 0. The maximum Gasteiger partial charge on any atom is 0.232 e. The van der Waals surface area contributed by atoms with Crippen LogP contribution in [0.1, 0.15) is 5.69 Å². The van der Waals surface area contributed by atoms with Crippen molar-refractivity contribution in [3.8, 4) is 0 Å². The molecule has 0 spiro atoms. The second kappa shape index (κ2) is 7.02. The molecule has 17 heavy (non-hydrogen) atoms. The predicted octanol–water partition coefficient (Wildman–Crippen LogP) is 4.64. The van der Waals surface area contributed by atoms with Gasteiger partial charge in [0.05, 0.1) is 5.69 Å². The molecule has 0 atom stereocenters. The lowest BCUT2D eigenvalue weighted by molar-refractivity contribution is 1.09. The molecule has 2 rings (SSSR count). The first-order valence-electron chi connectivity index (χ1n) is 4.55. The number of halogens is 4. The molecule has 0 radical (unpaired) electrons. The van der Waals surface area contributed by atoms with Gasteiger partial charge in [0.25, 0.3) is 0 Å². The predicted molar refractivity (Wildman–Crippen MR) is 72.7 cm³/mol. The normalized spacial score (nSPS) is 10.4. The summed E-state index contributed by atoms with van der Waals surface area (Å²) in [7, 11) is 0. The monoisotopic (exact) mass is 308 g/mol. The Labute approximate surface area is 120 Å². The van der Waals surface area contributed by atoms with Crippen LogP contribution in [0.5, 0.6) is 0 Å². The summed E-state index contributed by atoms with van der Waals surface area (Å²) in [6.07, 6.45) is 3.24. The van der Waals surface area contributed by atoms with Crippen molar-refractivity contribution in [2.45, 2.75) is 3.79 Å². The average Bonchev–Trinajstić information content (AvgIpc) is 2.31. The lowest BCUT2D eigenvalue weighted by atomic mass is 10.4. The SMILES string of the molecule is ClC(Cl)(Cl)c1ccccn1.Clc1ccccn1. The van der Waals surface area contributed by atoms with E-state index in [1.165, 1.54) is 0 Å². The van der Waals surface area contributed by atoms with E-state index in [4.69, 9.17) is 46.4 Å². The summed E-state index contributed by atoms with van der Waals surface area (Å²) >= 11 is 22.0. The third-order valence-electron chi connectivity index (χ3n) is 1.58. The lowest BCUT2D eigenvalue weighted by Crippen LogP contribution is -2.01. The first-order chi connectivity index (χ1) is 8.00. The number of alkyl halides is 3. The van der Waals surface area contributed by atoms with E-state index in [1.807, 2.05) is 12.1 Å². The fourth-order valence-corrected chi connectivity index (χ4v) is 1.34. The smallest absolute Gasteiger partial charge is 0.232 e. The Hall–Kier alpha value is -0.540. The van der Waals surface area contributed by atoms with E-state index in [9.17, 15) is 0 Å². The van der Waals surface area contributed by atoms with Gasteiger partial charge in [0, 0.05) is 12.4 Å². The average molecular weight is 310 g/mol. The van der Waals surface area contributed by atoms with E-state index in [2.05, 4.69) is 9.97 Å². The molecule has 0 amide bonds. The first-order valence-corrected chi connectivity index (χ1v) is 6.06. The Morgan fingerprint density at radius 3 is 1.65 bits per heavy atom. The molecule has 2 heterocycles. The minimum Gasteiger partial charge on any atom is -0.257 e. The lowest BCUT2D eigenvalue weighted by Gasteiger charge is -2.07. The van der Waals surface area contributed by atoms with Crippen LogP contribution < -0.4 is 0 Å². The topological polar surface area (TPSA) is 25.8 Å². The molecule has 0 aromatic carbocycles. The fraction of sp³-hybridized carbons (Fsp3) is 0.0909. The molecule has 2 aromatic heterocycles. The van der Waals surface area contributed by atoms with Gasteiger partial charge in [0.15, 0.2) is 0 Å². The van der Waals surface area contributed by atoms with Crippen molar-refractivity contribution in [1.29, 1.82) is 0 Å². The van der Waals surface area contributed by atoms with Crippen LogP contribution in [0.15, 0.2) is 48.8 Å². The van der Waals surface area contributed by atoms with Crippen molar-refractivity contribution < 1.29 is 0 Å². The van der Waals surface area contributed by atoms with Crippen molar-refractivity contribution >= 4 is 46.4 Å². The number of aromatic nitrogens is 2. The molecule has 2 nitrogen and oxygen atoms in total. The van der Waals surface area contributed by atoms with Gasteiger partial charge in [-0.1, -0.05) is 58.5 Å². The molecule has 0 aliphatic carbocycles. The molecule has 0 N–H and O–H groups in total. The Morgan fingerprint density at radius 1 is 0.824 bits per heavy atom. The highest BCUT2D eigenvalue weighted by Gasteiger charge is 2.23. The molecule has 0 saturated heterocycles. The summed E-state index contributed by atoms with van der Waals surface area (Å²) in [5.41, 5.74) is 0.444. The van der Waals surface area contributed by atoms with Crippen LogP contribution in [0.4, 0.5) is 0 Å². The van der Waals surface area contributed by atoms with E-state index in [1.54, 1.807) is 36.7 Å². The minimum absolute atomic E-state index is 0.444. The second-order valence-electron chi connectivity index (χ2n) is 2.87. The zero-order valence-electron chi connectivity index (χ0n) is 8.53. The van der Waals surface area contributed by atoms with Crippen LogP contribution >= 0.6 is 46.4 Å². The van der Waals surface area contributed by atoms with Gasteiger partial charge in [-0.3, -0.25) is 4.98 Å². The number of hydrogen-bond acceptors (Lipinski definition) is 2. The molecule has 6 heteroatoms. The Morgan fingerprint density at radius 2 is 1.41 bits per heavy atom. The van der Waals surface area contributed by atoms with Crippen molar-refractivity contribution in [1.82, 2.24) is 9.97 Å². The maximum atomic E-state index is 5.53. The molecule has 0 fully saturated rings. The largest absolute Gasteiger partial charge is 0.257 e. The summed E-state index contributed by atoms with van der Waals surface area (Å²) in [5.74, 6) is 0. The fourth-order valence-electron chi connectivity index (χ4n) is 0.872. The standard InChI is InChI=1S/C6H4Cl3N.C5H4ClN/c7-6(8,9)5-3-1-2-4-10-5;6-5-3-1-2-4-7-5/h1-4H;1-4H. The van der Waals surface area contributed by atoms with E-state index >= 15 is 0 Å². The Bertz CT molecular complexity index is 428. The van der Waals surface area contributed by atoms with Gasteiger partial charge >= 0.3 is 0 Å². The van der Waals surface area contributed by atoms with Crippen molar-refractivity contribution in [2.75, 3.05) is 0 Å². The van der Waals surface area contributed by atoms with Crippen LogP contribution in [0.25, 0.3) is 0 Å². The molecule has 0 unspecified atom stereocenters. The summed E-state index contributed by atoms with van der Waals surface area (Å²) in [6.45, 7) is 0. The van der Waals surface area contributed by atoms with Crippen LogP contribution in [-0.2, 0) is 3.79 Å². The summed E-state index contributed by atoms with van der Waals surface area (Å²) in [5, 5.41) is 0.544. The van der Waals surface area contributed by atoms with Crippen LogP contribution in [0, 0.1) is 0 Å². The summed E-state index contributed by atoms with van der Waals surface area (Å²) in [6, 6.07) is 10.6. The van der Waals surface area contributed by atoms with Gasteiger partial charge in [-0.25, -0.2) is 4.98 Å². The van der Waals surface area contributed by atoms with E-state index in [-0.39, 0.29) is 0 Å². The highest BCUT2D eigenvalue weighted by atomic mass is 35.6. The second-order valence-corrected chi connectivity index (χ2v) is 5.53.